The van der Waals surface area contributed by atoms with Crippen molar-refractivity contribution in [1.82, 2.24) is 4.98 Å². The van der Waals surface area contributed by atoms with Gasteiger partial charge in [0.15, 0.2) is 12.0 Å². The van der Waals surface area contributed by atoms with Gasteiger partial charge >= 0.3 is 0 Å². The first-order valence-electron chi connectivity index (χ1n) is 8.91. The van der Waals surface area contributed by atoms with E-state index >= 15 is 0 Å². The molecule has 1 aromatic heterocycles. The molecule has 0 radical (unpaired) electrons. The monoisotopic (exact) mass is 327 g/mol. The van der Waals surface area contributed by atoms with Crippen LogP contribution in [0.2, 0.25) is 0 Å². The van der Waals surface area contributed by atoms with Gasteiger partial charge in [-0.25, -0.2) is 4.98 Å². The maximum absolute atomic E-state index is 12.9. The van der Waals surface area contributed by atoms with Gasteiger partial charge in [0.25, 0.3) is 5.91 Å². The molecule has 2 fully saturated rings. The number of hydrogen-bond acceptors (Lipinski definition) is 4. The number of pyridine rings is 1. The highest BCUT2D eigenvalue weighted by Gasteiger charge is 2.60. The Kier molecular flexibility index (Phi) is 3.42. The highest BCUT2D eigenvalue weighted by atomic mass is 16.2. The Bertz CT molecular complexity index is 707. The van der Waals surface area contributed by atoms with Crippen molar-refractivity contribution in [2.24, 2.45) is 17.1 Å². The smallest absolute Gasteiger partial charge is 0.265 e. The average molecular weight is 327 g/mol. The molecule has 1 amide bonds. The lowest BCUT2D eigenvalue weighted by molar-refractivity contribution is -0.119. The second kappa shape index (κ2) is 5.28. The minimum Gasteiger partial charge on any atom is -0.306 e. The SMILES string of the molecule is CCCN1C(=O)C(N)N(C(=N)C2(C3CC3)CC2)c2ncc(C)cc21. The zero-order valence-corrected chi connectivity index (χ0v) is 14.4. The minimum absolute atomic E-state index is 0.0609. The molecule has 3 aliphatic rings. The maximum atomic E-state index is 12.9. The normalized spacial score (nSPS) is 24.8. The Hall–Kier alpha value is -1.95. The van der Waals surface area contributed by atoms with Gasteiger partial charge < -0.3 is 10.6 Å². The molecular weight excluding hydrogens is 302 g/mol. The van der Waals surface area contributed by atoms with Crippen molar-refractivity contribution in [2.45, 2.75) is 52.1 Å². The molecule has 2 saturated carbocycles. The largest absolute Gasteiger partial charge is 0.306 e. The van der Waals surface area contributed by atoms with E-state index in [4.69, 9.17) is 11.1 Å². The van der Waals surface area contributed by atoms with E-state index in [1.54, 1.807) is 16.0 Å². The van der Waals surface area contributed by atoms with Crippen LogP contribution in [0.3, 0.4) is 0 Å². The number of carbonyl (C=O) groups is 1. The van der Waals surface area contributed by atoms with E-state index in [1.807, 2.05) is 19.9 Å². The number of aryl methyl sites for hydroxylation is 1. The van der Waals surface area contributed by atoms with Crippen LogP contribution in [0.1, 0.15) is 44.6 Å². The molecule has 3 N–H and O–H groups in total. The van der Waals surface area contributed by atoms with Crippen LogP contribution in [-0.2, 0) is 4.79 Å². The summed E-state index contributed by atoms with van der Waals surface area (Å²) in [6.07, 6.45) is 6.26. The van der Waals surface area contributed by atoms with Gasteiger partial charge in [-0.1, -0.05) is 6.92 Å². The van der Waals surface area contributed by atoms with Gasteiger partial charge in [-0.2, -0.15) is 0 Å². The van der Waals surface area contributed by atoms with Crippen molar-refractivity contribution in [1.29, 1.82) is 5.41 Å². The van der Waals surface area contributed by atoms with E-state index in [9.17, 15) is 4.79 Å². The summed E-state index contributed by atoms with van der Waals surface area (Å²) in [5.74, 6) is 1.63. The van der Waals surface area contributed by atoms with Crippen molar-refractivity contribution in [3.63, 3.8) is 0 Å². The predicted molar refractivity (Wildman–Crippen MR) is 94.2 cm³/mol. The van der Waals surface area contributed by atoms with E-state index < -0.39 is 6.17 Å². The number of fused-ring (bicyclic) bond motifs is 1. The quantitative estimate of drug-likeness (QED) is 0.657. The van der Waals surface area contributed by atoms with E-state index in [-0.39, 0.29) is 11.3 Å². The molecule has 1 atom stereocenters. The average Bonchev–Trinajstić information content (AvgIpc) is 3.44. The first-order chi connectivity index (χ1) is 11.5. The Morgan fingerprint density at radius 2 is 2.17 bits per heavy atom. The molecule has 1 unspecified atom stereocenters. The lowest BCUT2D eigenvalue weighted by Crippen LogP contribution is -2.61. The molecule has 6 heteroatoms. The summed E-state index contributed by atoms with van der Waals surface area (Å²) in [4.78, 5) is 20.9. The fourth-order valence-corrected chi connectivity index (χ4v) is 4.00. The molecule has 0 bridgehead atoms. The summed E-state index contributed by atoms with van der Waals surface area (Å²) in [5, 5.41) is 8.83. The molecule has 0 aromatic carbocycles. The molecule has 128 valence electrons. The molecule has 0 spiro atoms. The predicted octanol–water partition coefficient (Wildman–Crippen LogP) is 2.41. The summed E-state index contributed by atoms with van der Waals surface area (Å²) in [7, 11) is 0. The highest BCUT2D eigenvalue weighted by molar-refractivity contribution is 6.14. The molecule has 1 aromatic rings. The van der Waals surface area contributed by atoms with E-state index in [2.05, 4.69) is 4.98 Å². The zero-order valence-electron chi connectivity index (χ0n) is 14.4. The molecule has 6 nitrogen and oxygen atoms in total. The molecule has 2 aliphatic carbocycles. The first-order valence-corrected chi connectivity index (χ1v) is 8.91. The van der Waals surface area contributed by atoms with Crippen LogP contribution >= 0.6 is 0 Å². The maximum Gasteiger partial charge on any atom is 0.265 e. The van der Waals surface area contributed by atoms with Gasteiger partial charge in [-0.3, -0.25) is 15.1 Å². The number of amides is 1. The van der Waals surface area contributed by atoms with Crippen LogP contribution < -0.4 is 15.5 Å². The van der Waals surface area contributed by atoms with Crippen LogP contribution in [0.4, 0.5) is 11.5 Å². The third kappa shape index (κ3) is 2.16. The minimum atomic E-state index is -0.844. The second-order valence-electron chi connectivity index (χ2n) is 7.44. The number of aromatic nitrogens is 1. The zero-order chi connectivity index (χ0) is 17.1. The van der Waals surface area contributed by atoms with E-state index in [1.165, 1.54) is 12.8 Å². The van der Waals surface area contributed by atoms with Crippen molar-refractivity contribution in [3.05, 3.63) is 17.8 Å². The second-order valence-corrected chi connectivity index (χ2v) is 7.44. The number of nitrogens with two attached hydrogens (primary N) is 1. The number of carbonyl (C=O) groups excluding carboxylic acids is 1. The van der Waals surface area contributed by atoms with Gasteiger partial charge in [0, 0.05) is 18.2 Å². The van der Waals surface area contributed by atoms with Crippen molar-refractivity contribution in [3.8, 4) is 0 Å². The number of amidine groups is 1. The fraction of sp³-hybridized carbons (Fsp3) is 0.611. The van der Waals surface area contributed by atoms with Gasteiger partial charge in [0.05, 0.1) is 5.69 Å². The summed E-state index contributed by atoms with van der Waals surface area (Å²) in [6, 6.07) is 1.98. The number of hydrogen-bond donors (Lipinski definition) is 2. The molecular formula is C18H25N5O. The summed E-state index contributed by atoms with van der Waals surface area (Å²) >= 11 is 0. The van der Waals surface area contributed by atoms with Crippen LogP contribution in [0.25, 0.3) is 0 Å². The van der Waals surface area contributed by atoms with Gasteiger partial charge in [0.2, 0.25) is 0 Å². The molecule has 4 rings (SSSR count). The number of nitrogens with zero attached hydrogens (tertiary/aromatic N) is 3. The van der Waals surface area contributed by atoms with Crippen molar-refractivity contribution < 1.29 is 4.79 Å². The summed E-state index contributed by atoms with van der Waals surface area (Å²) < 4.78 is 0. The Morgan fingerprint density at radius 3 is 2.75 bits per heavy atom. The summed E-state index contributed by atoms with van der Waals surface area (Å²) in [6.45, 7) is 4.64. The fourth-order valence-electron chi connectivity index (χ4n) is 4.00. The number of rotatable bonds is 4. The van der Waals surface area contributed by atoms with E-state index in [0.717, 1.165) is 30.5 Å². The van der Waals surface area contributed by atoms with E-state index in [0.29, 0.717) is 24.1 Å². The van der Waals surface area contributed by atoms with Gasteiger partial charge in [0.1, 0.15) is 5.84 Å². The van der Waals surface area contributed by atoms with Crippen LogP contribution in [0.15, 0.2) is 12.3 Å². The first kappa shape index (κ1) is 15.6. The Balaban J connectivity index is 1.78. The van der Waals surface area contributed by atoms with Crippen molar-refractivity contribution in [2.75, 3.05) is 16.3 Å². The highest BCUT2D eigenvalue weighted by Crippen LogP contribution is 2.62. The third-order valence-electron chi connectivity index (χ3n) is 5.61. The van der Waals surface area contributed by atoms with Crippen molar-refractivity contribution >= 4 is 23.2 Å². The van der Waals surface area contributed by atoms with Crippen LogP contribution in [0, 0.1) is 23.7 Å². The van der Waals surface area contributed by atoms with Crippen LogP contribution in [0.5, 0.6) is 0 Å². The number of anilines is 2. The summed E-state index contributed by atoms with van der Waals surface area (Å²) in [5.41, 5.74) is 8.03. The third-order valence-corrected chi connectivity index (χ3v) is 5.61. The lowest BCUT2D eigenvalue weighted by atomic mass is 9.96. The Morgan fingerprint density at radius 1 is 1.46 bits per heavy atom. The topological polar surface area (TPSA) is 86.3 Å². The molecule has 0 saturated heterocycles. The molecule has 2 heterocycles. The van der Waals surface area contributed by atoms with Gasteiger partial charge in [-0.15, -0.1) is 0 Å². The van der Waals surface area contributed by atoms with Gasteiger partial charge in [-0.05, 0) is 56.6 Å². The molecule has 24 heavy (non-hydrogen) atoms. The Labute approximate surface area is 142 Å². The number of nitrogens with one attached hydrogen (secondary N) is 1. The van der Waals surface area contributed by atoms with Crippen LogP contribution in [-0.4, -0.2) is 29.4 Å². The lowest BCUT2D eigenvalue weighted by Gasteiger charge is -2.42. The molecule has 1 aliphatic heterocycles. The standard InChI is InChI=1S/C18H25N5O/c1-3-8-22-13-9-11(2)10-21-15(13)23(14(19)16(22)24)17(20)18(6-7-18)12-4-5-12/h9-10,12,14,20H,3-8,19H2,1-2H3.